The lowest BCUT2D eigenvalue weighted by Gasteiger charge is -2.32. The van der Waals surface area contributed by atoms with Gasteiger partial charge in [-0.3, -0.25) is 4.79 Å². The monoisotopic (exact) mass is 381 g/mol. The van der Waals surface area contributed by atoms with Gasteiger partial charge in [0.1, 0.15) is 6.54 Å². The number of benzene rings is 3. The minimum Gasteiger partial charge on any atom is -0.328 e. The van der Waals surface area contributed by atoms with Crippen molar-refractivity contribution in [3.05, 3.63) is 107 Å². The highest BCUT2D eigenvalue weighted by atomic mass is 16.2. The van der Waals surface area contributed by atoms with Crippen molar-refractivity contribution in [1.29, 1.82) is 0 Å². The van der Waals surface area contributed by atoms with Gasteiger partial charge >= 0.3 is 0 Å². The molecule has 1 amide bonds. The number of carbonyl (C=O) groups excluding carboxylic acids is 1. The second-order valence-electron chi connectivity index (χ2n) is 7.40. The minimum atomic E-state index is 0.117. The Kier molecular flexibility index (Phi) is 6.04. The first kappa shape index (κ1) is 19.0. The molecule has 3 aromatic carbocycles. The molecule has 29 heavy (non-hydrogen) atoms. The van der Waals surface area contributed by atoms with Crippen molar-refractivity contribution in [2.45, 2.75) is 6.54 Å². The number of piperazine rings is 1. The largest absolute Gasteiger partial charge is 0.328 e. The molecule has 0 saturated carbocycles. The van der Waals surface area contributed by atoms with Crippen LogP contribution in [0.4, 0.5) is 0 Å². The van der Waals surface area contributed by atoms with E-state index in [4.69, 9.17) is 0 Å². The number of carbonyl (C=O) groups is 1. The van der Waals surface area contributed by atoms with Crippen molar-refractivity contribution in [2.75, 3.05) is 26.2 Å². The van der Waals surface area contributed by atoms with Gasteiger partial charge in [-0.1, -0.05) is 60.4 Å². The highest BCUT2D eigenvalue weighted by molar-refractivity contribution is 5.94. The van der Waals surface area contributed by atoms with Gasteiger partial charge in [-0.25, -0.2) is 0 Å². The molecule has 1 aliphatic heterocycles. The van der Waals surface area contributed by atoms with Gasteiger partial charge in [-0.05, 0) is 36.4 Å². The summed E-state index contributed by atoms with van der Waals surface area (Å²) >= 11 is 0. The fourth-order valence-corrected chi connectivity index (χ4v) is 3.63. The molecule has 0 bridgehead atoms. The van der Waals surface area contributed by atoms with Crippen LogP contribution in [0.3, 0.4) is 0 Å². The Balaban J connectivity index is 1.32. The maximum Gasteiger partial charge on any atom is 0.254 e. The fourth-order valence-electron chi connectivity index (χ4n) is 3.63. The zero-order valence-electron chi connectivity index (χ0n) is 16.5. The molecule has 4 rings (SSSR count). The SMILES string of the molecule is O=C(c1ccc(C#Cc2ccccc2)cc1)N1CC[NH+](Cc2ccccc2)CC1. The van der Waals surface area contributed by atoms with Crippen LogP contribution in [0.15, 0.2) is 84.9 Å². The van der Waals surface area contributed by atoms with E-state index in [2.05, 4.69) is 36.1 Å². The molecule has 0 radical (unpaired) electrons. The Morgan fingerprint density at radius 1 is 0.759 bits per heavy atom. The highest BCUT2D eigenvalue weighted by Crippen LogP contribution is 2.08. The van der Waals surface area contributed by atoms with Crippen molar-refractivity contribution in [3.8, 4) is 11.8 Å². The van der Waals surface area contributed by atoms with Gasteiger partial charge in [0.25, 0.3) is 5.91 Å². The van der Waals surface area contributed by atoms with Crippen LogP contribution in [0, 0.1) is 11.8 Å². The van der Waals surface area contributed by atoms with E-state index in [1.165, 1.54) is 10.5 Å². The first-order chi connectivity index (χ1) is 14.3. The quantitative estimate of drug-likeness (QED) is 0.693. The number of rotatable bonds is 3. The lowest BCUT2D eigenvalue weighted by molar-refractivity contribution is -0.917. The molecule has 0 spiro atoms. The normalized spacial score (nSPS) is 14.1. The van der Waals surface area contributed by atoms with Gasteiger partial charge in [0.2, 0.25) is 0 Å². The molecular formula is C26H25N2O+. The first-order valence-electron chi connectivity index (χ1n) is 10.1. The number of hydrogen-bond donors (Lipinski definition) is 1. The Morgan fingerprint density at radius 3 is 1.93 bits per heavy atom. The highest BCUT2D eigenvalue weighted by Gasteiger charge is 2.24. The second-order valence-corrected chi connectivity index (χ2v) is 7.40. The van der Waals surface area contributed by atoms with Crippen LogP contribution in [0.2, 0.25) is 0 Å². The lowest BCUT2D eigenvalue weighted by atomic mass is 10.1. The molecule has 1 heterocycles. The number of nitrogens with one attached hydrogen (secondary N) is 1. The molecule has 3 aromatic rings. The van der Waals surface area contributed by atoms with E-state index in [0.717, 1.165) is 49.4 Å². The Bertz CT molecular complexity index is 993. The lowest BCUT2D eigenvalue weighted by Crippen LogP contribution is -3.13. The average Bonchev–Trinajstić information content (AvgIpc) is 2.79. The zero-order valence-corrected chi connectivity index (χ0v) is 16.5. The van der Waals surface area contributed by atoms with E-state index in [1.54, 1.807) is 0 Å². The Hall–Kier alpha value is -3.35. The van der Waals surface area contributed by atoms with E-state index >= 15 is 0 Å². The number of quaternary nitrogens is 1. The van der Waals surface area contributed by atoms with E-state index in [0.29, 0.717) is 0 Å². The van der Waals surface area contributed by atoms with Crippen LogP contribution in [0.25, 0.3) is 0 Å². The molecule has 3 heteroatoms. The molecule has 0 aliphatic carbocycles. The van der Waals surface area contributed by atoms with Gasteiger partial charge in [0.15, 0.2) is 0 Å². The number of hydrogen-bond acceptors (Lipinski definition) is 1. The van der Waals surface area contributed by atoms with Crippen molar-refractivity contribution in [2.24, 2.45) is 0 Å². The zero-order chi connectivity index (χ0) is 19.9. The standard InChI is InChI=1S/C26H24N2O/c29-26(28-19-17-27(18-20-28)21-24-9-5-2-6-10-24)25-15-13-23(14-16-25)12-11-22-7-3-1-4-8-22/h1-10,13-16H,17-21H2/p+1. The topological polar surface area (TPSA) is 24.8 Å². The smallest absolute Gasteiger partial charge is 0.254 e. The Labute approximate surface area is 172 Å². The van der Waals surface area contributed by atoms with Gasteiger partial charge in [-0.15, -0.1) is 0 Å². The fraction of sp³-hybridized carbons (Fsp3) is 0.192. The molecule has 1 saturated heterocycles. The van der Waals surface area contributed by atoms with Crippen LogP contribution < -0.4 is 4.90 Å². The third-order valence-corrected chi connectivity index (χ3v) is 5.31. The number of nitrogens with zero attached hydrogens (tertiary/aromatic N) is 1. The van der Waals surface area contributed by atoms with Gasteiger partial charge < -0.3 is 9.80 Å². The molecule has 1 aliphatic rings. The summed E-state index contributed by atoms with van der Waals surface area (Å²) in [5.74, 6) is 6.42. The molecule has 0 atom stereocenters. The van der Waals surface area contributed by atoms with E-state index in [1.807, 2.05) is 65.6 Å². The van der Waals surface area contributed by atoms with Crippen molar-refractivity contribution in [3.63, 3.8) is 0 Å². The third-order valence-electron chi connectivity index (χ3n) is 5.31. The van der Waals surface area contributed by atoms with Crippen molar-refractivity contribution >= 4 is 5.91 Å². The summed E-state index contributed by atoms with van der Waals surface area (Å²) in [5.41, 5.74) is 4.00. The summed E-state index contributed by atoms with van der Waals surface area (Å²) in [6.07, 6.45) is 0. The van der Waals surface area contributed by atoms with Crippen LogP contribution in [-0.4, -0.2) is 37.0 Å². The average molecular weight is 381 g/mol. The molecule has 144 valence electrons. The third kappa shape index (κ3) is 5.13. The molecule has 1 N–H and O–H groups in total. The second kappa shape index (κ2) is 9.23. The molecule has 0 unspecified atom stereocenters. The van der Waals surface area contributed by atoms with Crippen molar-refractivity contribution < 1.29 is 9.69 Å². The minimum absolute atomic E-state index is 0.117. The number of amides is 1. The van der Waals surface area contributed by atoms with Crippen molar-refractivity contribution in [1.82, 2.24) is 4.90 Å². The van der Waals surface area contributed by atoms with E-state index in [9.17, 15) is 4.79 Å². The first-order valence-corrected chi connectivity index (χ1v) is 10.1. The van der Waals surface area contributed by atoms with Gasteiger partial charge in [-0.2, -0.15) is 0 Å². The van der Waals surface area contributed by atoms with Crippen LogP contribution >= 0.6 is 0 Å². The summed E-state index contributed by atoms with van der Waals surface area (Å²) < 4.78 is 0. The van der Waals surface area contributed by atoms with E-state index in [-0.39, 0.29) is 5.91 Å². The van der Waals surface area contributed by atoms with Crippen LogP contribution in [-0.2, 0) is 6.54 Å². The molecule has 1 fully saturated rings. The maximum absolute atomic E-state index is 12.8. The molecule has 0 aromatic heterocycles. The van der Waals surface area contributed by atoms with Gasteiger partial charge in [0.05, 0.1) is 26.2 Å². The summed E-state index contributed by atoms with van der Waals surface area (Å²) in [6.45, 7) is 4.60. The Morgan fingerprint density at radius 2 is 1.31 bits per heavy atom. The van der Waals surface area contributed by atoms with E-state index < -0.39 is 0 Å². The van der Waals surface area contributed by atoms with Crippen LogP contribution in [0.1, 0.15) is 27.0 Å². The van der Waals surface area contributed by atoms with Gasteiger partial charge in [0, 0.05) is 22.3 Å². The molecular weight excluding hydrogens is 356 g/mol. The molecule has 3 nitrogen and oxygen atoms in total. The summed E-state index contributed by atoms with van der Waals surface area (Å²) in [6, 6.07) is 28.1. The predicted octanol–water partition coefficient (Wildman–Crippen LogP) is 2.63. The van der Waals surface area contributed by atoms with Crippen LogP contribution in [0.5, 0.6) is 0 Å². The maximum atomic E-state index is 12.8. The predicted molar refractivity (Wildman–Crippen MR) is 116 cm³/mol. The summed E-state index contributed by atoms with van der Waals surface area (Å²) in [5, 5.41) is 0. The summed E-state index contributed by atoms with van der Waals surface area (Å²) in [7, 11) is 0. The summed E-state index contributed by atoms with van der Waals surface area (Å²) in [4.78, 5) is 16.3.